The second kappa shape index (κ2) is 4.27. The van der Waals surface area contributed by atoms with Gasteiger partial charge in [-0.25, -0.2) is 0 Å². The molecule has 0 saturated heterocycles. The summed E-state index contributed by atoms with van der Waals surface area (Å²) in [5.41, 5.74) is 4.84. The van der Waals surface area contributed by atoms with Crippen LogP contribution in [0.5, 0.6) is 0 Å². The summed E-state index contributed by atoms with van der Waals surface area (Å²) in [6.45, 7) is 0. The lowest BCUT2D eigenvalue weighted by atomic mass is 9.93. The summed E-state index contributed by atoms with van der Waals surface area (Å²) in [7, 11) is -9.44. The third-order valence-corrected chi connectivity index (χ3v) is 5.04. The van der Waals surface area contributed by atoms with Gasteiger partial charge in [-0.1, -0.05) is 12.2 Å². The molecule has 0 aliphatic heterocycles. The Labute approximate surface area is 115 Å². The number of hydrogen-bond acceptors (Lipinski definition) is 6. The number of rotatable bonds is 2. The second-order valence-electron chi connectivity index (χ2n) is 4.32. The van der Waals surface area contributed by atoms with Crippen LogP contribution >= 0.6 is 0 Å². The number of aliphatic hydroxyl groups is 1. The highest BCUT2D eigenvalue weighted by atomic mass is 32.2. The Morgan fingerprint density at radius 3 is 2.25 bits per heavy atom. The molecule has 0 amide bonds. The Morgan fingerprint density at radius 1 is 1.15 bits per heavy atom. The monoisotopic (exact) mass is 321 g/mol. The van der Waals surface area contributed by atoms with Crippen molar-refractivity contribution in [3.8, 4) is 0 Å². The maximum absolute atomic E-state index is 11.4. The van der Waals surface area contributed by atoms with Gasteiger partial charge in [-0.15, -0.1) is 0 Å². The number of fused-ring (bicyclic) bond motifs is 1. The summed E-state index contributed by atoms with van der Waals surface area (Å²) >= 11 is 0. The first kappa shape index (κ1) is 14.9. The third kappa shape index (κ3) is 2.21. The van der Waals surface area contributed by atoms with Gasteiger partial charge in [0.05, 0.1) is 4.90 Å². The summed E-state index contributed by atoms with van der Waals surface area (Å²) in [6.07, 6.45) is 2.14. The average Bonchev–Trinajstić information content (AvgIpc) is 2.25. The van der Waals surface area contributed by atoms with E-state index in [2.05, 4.69) is 0 Å². The van der Waals surface area contributed by atoms with Crippen LogP contribution in [0.2, 0.25) is 0 Å². The van der Waals surface area contributed by atoms with Gasteiger partial charge in [-0.2, -0.15) is 16.8 Å². The van der Waals surface area contributed by atoms with Crippen molar-refractivity contribution in [1.29, 1.82) is 0 Å². The lowest BCUT2D eigenvalue weighted by molar-refractivity contribution is 0.115. The van der Waals surface area contributed by atoms with Crippen molar-refractivity contribution in [1.82, 2.24) is 0 Å². The van der Waals surface area contributed by atoms with Crippen LogP contribution in [0.15, 0.2) is 23.1 Å². The van der Waals surface area contributed by atoms with Crippen molar-refractivity contribution in [3.63, 3.8) is 0 Å². The molecule has 0 fully saturated rings. The molecular formula is C10H11NO7S2. The first-order valence-corrected chi connectivity index (χ1v) is 8.12. The summed E-state index contributed by atoms with van der Waals surface area (Å²) in [6, 6.07) is 1.76. The molecule has 1 aliphatic carbocycles. The number of benzene rings is 1. The van der Waals surface area contributed by atoms with E-state index in [-0.39, 0.29) is 16.8 Å². The van der Waals surface area contributed by atoms with Gasteiger partial charge in [0.2, 0.25) is 4.93 Å². The summed E-state index contributed by atoms with van der Waals surface area (Å²) in [5.74, 6) is 0. The highest BCUT2D eigenvalue weighted by molar-refractivity contribution is 7.86. The SMILES string of the molecule is Nc1cc(S(=O)(=O)O)cc2c1C(O)(S(=O)(=O)O)CC=C2. The predicted octanol–water partition coefficient (Wildman–Crippen LogP) is -0.0347. The summed E-state index contributed by atoms with van der Waals surface area (Å²) in [4.78, 5) is -3.20. The molecule has 2 rings (SSSR count). The molecule has 1 atom stereocenters. The Kier molecular flexibility index (Phi) is 3.19. The minimum absolute atomic E-state index is 0.0241. The Morgan fingerprint density at radius 2 is 1.75 bits per heavy atom. The topological polar surface area (TPSA) is 155 Å². The lowest BCUT2D eigenvalue weighted by Gasteiger charge is -2.30. The fraction of sp³-hybridized carbons (Fsp3) is 0.200. The molecule has 5 N–H and O–H groups in total. The largest absolute Gasteiger partial charge is 0.398 e. The Bertz CT molecular complexity index is 810. The molecular weight excluding hydrogens is 310 g/mol. The smallest absolute Gasteiger partial charge is 0.299 e. The molecule has 1 unspecified atom stereocenters. The van der Waals surface area contributed by atoms with Crippen LogP contribution in [0.4, 0.5) is 5.69 Å². The lowest BCUT2D eigenvalue weighted by Crippen LogP contribution is -2.37. The molecule has 0 aromatic heterocycles. The predicted molar refractivity (Wildman–Crippen MR) is 69.8 cm³/mol. The van der Waals surface area contributed by atoms with Crippen LogP contribution in [0.3, 0.4) is 0 Å². The zero-order valence-corrected chi connectivity index (χ0v) is 11.5. The Hall–Kier alpha value is -1.46. The molecule has 1 aromatic carbocycles. The maximum Gasteiger partial charge on any atom is 0.299 e. The normalized spacial score (nSPS) is 22.6. The van der Waals surface area contributed by atoms with Gasteiger partial charge in [0.15, 0.2) is 0 Å². The summed E-state index contributed by atoms with van der Waals surface area (Å²) in [5, 5.41) is 10.2. The van der Waals surface area contributed by atoms with Crippen LogP contribution in [0, 0.1) is 0 Å². The van der Waals surface area contributed by atoms with Crippen LogP contribution in [0.25, 0.3) is 6.08 Å². The van der Waals surface area contributed by atoms with Crippen molar-refractivity contribution < 1.29 is 31.0 Å². The average molecular weight is 321 g/mol. The van der Waals surface area contributed by atoms with Crippen molar-refractivity contribution in [2.75, 3.05) is 5.73 Å². The van der Waals surface area contributed by atoms with Gasteiger partial charge in [0.1, 0.15) is 0 Å². The number of anilines is 1. The highest BCUT2D eigenvalue weighted by Gasteiger charge is 2.46. The molecule has 1 aromatic rings. The summed E-state index contributed by atoms with van der Waals surface area (Å²) < 4.78 is 63.0. The van der Waals surface area contributed by atoms with E-state index in [0.717, 1.165) is 12.1 Å². The van der Waals surface area contributed by atoms with Gasteiger partial charge in [0, 0.05) is 17.7 Å². The quantitative estimate of drug-likeness (QED) is 0.437. The maximum atomic E-state index is 11.4. The molecule has 20 heavy (non-hydrogen) atoms. The number of nitrogen functional groups attached to an aromatic ring is 1. The molecule has 8 nitrogen and oxygen atoms in total. The van der Waals surface area contributed by atoms with Crippen LogP contribution in [-0.2, 0) is 25.2 Å². The zero-order chi connectivity index (χ0) is 15.3. The van der Waals surface area contributed by atoms with Crippen molar-refractivity contribution in [2.45, 2.75) is 16.2 Å². The van der Waals surface area contributed by atoms with Crippen molar-refractivity contribution in [2.24, 2.45) is 0 Å². The fourth-order valence-corrected chi connectivity index (χ4v) is 3.42. The second-order valence-corrected chi connectivity index (χ2v) is 7.36. The van der Waals surface area contributed by atoms with Gasteiger partial charge in [0.25, 0.3) is 20.2 Å². The minimum Gasteiger partial charge on any atom is -0.398 e. The van der Waals surface area contributed by atoms with E-state index in [0.29, 0.717) is 0 Å². The molecule has 0 bridgehead atoms. The number of nitrogens with two attached hydrogens (primary N) is 1. The fourth-order valence-electron chi connectivity index (χ4n) is 2.07. The van der Waals surface area contributed by atoms with Crippen LogP contribution in [-0.4, -0.2) is 31.0 Å². The first-order valence-electron chi connectivity index (χ1n) is 5.24. The standard InChI is InChI=1S/C10H11NO7S2/c11-8-5-7(19(13,14)15)4-6-2-1-3-10(12,9(6)8)20(16,17)18/h1-2,4-5,12H,3,11H2,(H,13,14,15)(H,16,17,18). The van der Waals surface area contributed by atoms with Crippen LogP contribution < -0.4 is 5.73 Å². The molecule has 0 saturated carbocycles. The van der Waals surface area contributed by atoms with E-state index in [1.165, 1.54) is 12.2 Å². The molecule has 0 heterocycles. The molecule has 1 aliphatic rings. The first-order chi connectivity index (χ1) is 8.97. The molecule has 0 spiro atoms. The van der Waals surface area contributed by atoms with E-state index in [1.54, 1.807) is 0 Å². The molecule has 0 radical (unpaired) electrons. The van der Waals surface area contributed by atoms with E-state index in [4.69, 9.17) is 14.8 Å². The van der Waals surface area contributed by atoms with Gasteiger partial charge in [-0.3, -0.25) is 9.11 Å². The van der Waals surface area contributed by atoms with Gasteiger partial charge < -0.3 is 10.8 Å². The minimum atomic E-state index is -4.90. The molecule has 10 heteroatoms. The zero-order valence-electron chi connectivity index (χ0n) is 9.88. The van der Waals surface area contributed by atoms with Crippen molar-refractivity contribution in [3.05, 3.63) is 29.3 Å². The van der Waals surface area contributed by atoms with Gasteiger partial charge >= 0.3 is 0 Å². The highest BCUT2D eigenvalue weighted by Crippen LogP contribution is 2.41. The van der Waals surface area contributed by atoms with Gasteiger partial charge in [-0.05, 0) is 17.7 Å². The van der Waals surface area contributed by atoms with E-state index in [1.807, 2.05) is 0 Å². The van der Waals surface area contributed by atoms with Crippen LogP contribution in [0.1, 0.15) is 17.5 Å². The third-order valence-electron chi connectivity index (χ3n) is 2.98. The van der Waals surface area contributed by atoms with E-state index < -0.39 is 36.5 Å². The van der Waals surface area contributed by atoms with E-state index >= 15 is 0 Å². The van der Waals surface area contributed by atoms with E-state index in [9.17, 15) is 21.9 Å². The Balaban J connectivity index is 2.83. The number of hydrogen-bond donors (Lipinski definition) is 4. The van der Waals surface area contributed by atoms with Crippen molar-refractivity contribution >= 4 is 32.0 Å². The molecule has 110 valence electrons.